The first-order valence-electron chi connectivity index (χ1n) is 7.52. The van der Waals surface area contributed by atoms with Crippen LogP contribution in [0.4, 0.5) is 5.69 Å². The Balaban J connectivity index is 1.53. The molecule has 9 nitrogen and oxygen atoms in total. The standard InChI is InChI=1S/C15H17N5O4S/c1-20-13(5-4-12(16)21)18-19-15(20)25-7-14(22)17-9-2-3-10-11(6-9)24-8-23-10/h2-3,6H,4-5,7-8H2,1H3,(H2,16,21)(H,17,22). The lowest BCUT2D eigenvalue weighted by molar-refractivity contribution is -0.118. The number of primary amides is 1. The zero-order valence-corrected chi connectivity index (χ0v) is 14.3. The topological polar surface area (TPSA) is 121 Å². The summed E-state index contributed by atoms with van der Waals surface area (Å²) in [5, 5.41) is 11.4. The van der Waals surface area contributed by atoms with E-state index in [0.717, 1.165) is 0 Å². The van der Waals surface area contributed by atoms with E-state index >= 15 is 0 Å². The smallest absolute Gasteiger partial charge is 0.234 e. The summed E-state index contributed by atoms with van der Waals surface area (Å²) in [6, 6.07) is 5.22. The fourth-order valence-corrected chi connectivity index (χ4v) is 2.95. The van der Waals surface area contributed by atoms with Gasteiger partial charge in [-0.15, -0.1) is 10.2 Å². The summed E-state index contributed by atoms with van der Waals surface area (Å²) in [6.45, 7) is 0.187. The van der Waals surface area contributed by atoms with E-state index in [1.165, 1.54) is 11.8 Å². The zero-order valence-electron chi connectivity index (χ0n) is 13.5. The van der Waals surface area contributed by atoms with E-state index in [0.29, 0.717) is 34.6 Å². The average Bonchev–Trinajstić information content (AvgIpc) is 3.17. The van der Waals surface area contributed by atoms with Gasteiger partial charge in [0.2, 0.25) is 18.6 Å². The fourth-order valence-electron chi connectivity index (χ4n) is 2.22. The van der Waals surface area contributed by atoms with Crippen molar-refractivity contribution in [2.45, 2.75) is 18.0 Å². The molecule has 1 aliphatic rings. The van der Waals surface area contributed by atoms with Crippen LogP contribution < -0.4 is 20.5 Å². The SMILES string of the molecule is Cn1c(CCC(N)=O)nnc1SCC(=O)Nc1ccc2c(c1)OCO2. The van der Waals surface area contributed by atoms with Crippen LogP contribution in [-0.2, 0) is 23.1 Å². The molecule has 0 aliphatic carbocycles. The monoisotopic (exact) mass is 363 g/mol. The third kappa shape index (κ3) is 4.21. The number of fused-ring (bicyclic) bond motifs is 1. The van der Waals surface area contributed by atoms with Gasteiger partial charge >= 0.3 is 0 Å². The highest BCUT2D eigenvalue weighted by Crippen LogP contribution is 2.34. The predicted octanol–water partition coefficient (Wildman–Crippen LogP) is 0.693. The number of hydrogen-bond donors (Lipinski definition) is 2. The predicted molar refractivity (Wildman–Crippen MR) is 90.4 cm³/mol. The normalized spacial score (nSPS) is 12.2. The van der Waals surface area contributed by atoms with Gasteiger partial charge in [-0.2, -0.15) is 0 Å². The Morgan fingerprint density at radius 2 is 2.12 bits per heavy atom. The lowest BCUT2D eigenvalue weighted by Gasteiger charge is -2.06. The zero-order chi connectivity index (χ0) is 17.8. The number of aromatic nitrogens is 3. The number of carbonyl (C=O) groups is 2. The van der Waals surface area contributed by atoms with Crippen molar-refractivity contribution in [3.05, 3.63) is 24.0 Å². The second-order valence-corrected chi connectivity index (χ2v) is 6.27. The third-order valence-corrected chi connectivity index (χ3v) is 4.53. The van der Waals surface area contributed by atoms with Gasteiger partial charge in [0.05, 0.1) is 5.75 Å². The maximum Gasteiger partial charge on any atom is 0.234 e. The minimum atomic E-state index is -0.389. The second-order valence-electron chi connectivity index (χ2n) is 5.33. The minimum Gasteiger partial charge on any atom is -0.454 e. The van der Waals surface area contributed by atoms with Crippen LogP contribution >= 0.6 is 11.8 Å². The van der Waals surface area contributed by atoms with Crippen LogP contribution in [0, 0.1) is 0 Å². The molecule has 2 heterocycles. The number of nitrogens with one attached hydrogen (secondary N) is 1. The van der Waals surface area contributed by atoms with Gasteiger partial charge in [-0.05, 0) is 12.1 Å². The molecule has 0 unspecified atom stereocenters. The molecule has 0 spiro atoms. The van der Waals surface area contributed by atoms with E-state index < -0.39 is 0 Å². The van der Waals surface area contributed by atoms with E-state index in [1.807, 2.05) is 0 Å². The maximum absolute atomic E-state index is 12.1. The molecule has 25 heavy (non-hydrogen) atoms. The number of hydrogen-bond acceptors (Lipinski definition) is 7. The summed E-state index contributed by atoms with van der Waals surface area (Å²) in [7, 11) is 1.79. The van der Waals surface area contributed by atoms with Crippen molar-refractivity contribution >= 4 is 29.3 Å². The first-order chi connectivity index (χ1) is 12.0. The molecule has 0 saturated heterocycles. The molecular formula is C15H17N5O4S. The van der Waals surface area contributed by atoms with E-state index in [-0.39, 0.29) is 30.8 Å². The number of ether oxygens (including phenoxy) is 2. The molecule has 1 aromatic heterocycles. The minimum absolute atomic E-state index is 0.175. The highest BCUT2D eigenvalue weighted by atomic mass is 32.2. The number of thioether (sulfide) groups is 1. The van der Waals surface area contributed by atoms with Crippen LogP contribution in [0.15, 0.2) is 23.4 Å². The summed E-state index contributed by atoms with van der Waals surface area (Å²) >= 11 is 1.26. The number of nitrogens with zero attached hydrogens (tertiary/aromatic N) is 3. The Morgan fingerprint density at radius 3 is 2.92 bits per heavy atom. The van der Waals surface area contributed by atoms with Crippen molar-refractivity contribution in [3.8, 4) is 11.5 Å². The Kier molecular flexibility index (Phi) is 5.08. The molecule has 0 bridgehead atoms. The first kappa shape index (κ1) is 17.1. The molecular weight excluding hydrogens is 346 g/mol. The van der Waals surface area contributed by atoms with Crippen LogP contribution in [0.2, 0.25) is 0 Å². The first-order valence-corrected chi connectivity index (χ1v) is 8.50. The number of anilines is 1. The maximum atomic E-state index is 12.1. The van der Waals surface area contributed by atoms with Gasteiger partial charge in [0, 0.05) is 31.6 Å². The second kappa shape index (κ2) is 7.43. The summed E-state index contributed by atoms with van der Waals surface area (Å²) < 4.78 is 12.3. The van der Waals surface area contributed by atoms with Crippen LogP contribution in [-0.4, -0.2) is 39.1 Å². The Labute approximate surface area is 147 Å². The highest BCUT2D eigenvalue weighted by Gasteiger charge is 2.15. The van der Waals surface area contributed by atoms with Crippen molar-refractivity contribution < 1.29 is 19.1 Å². The van der Waals surface area contributed by atoms with E-state index in [4.69, 9.17) is 15.2 Å². The summed E-state index contributed by atoms with van der Waals surface area (Å²) in [4.78, 5) is 22.9. The van der Waals surface area contributed by atoms with Crippen LogP contribution in [0.3, 0.4) is 0 Å². The Hall–Kier alpha value is -2.75. The van der Waals surface area contributed by atoms with Crippen molar-refractivity contribution in [2.75, 3.05) is 17.9 Å². The average molecular weight is 363 g/mol. The molecule has 0 atom stereocenters. The van der Waals surface area contributed by atoms with Gasteiger partial charge in [-0.3, -0.25) is 9.59 Å². The van der Waals surface area contributed by atoms with Crippen molar-refractivity contribution in [1.29, 1.82) is 0 Å². The largest absolute Gasteiger partial charge is 0.454 e. The van der Waals surface area contributed by atoms with Gasteiger partial charge in [-0.25, -0.2) is 0 Å². The fraction of sp³-hybridized carbons (Fsp3) is 0.333. The van der Waals surface area contributed by atoms with Gasteiger partial charge in [0.1, 0.15) is 5.82 Å². The number of amides is 2. The number of aryl methyl sites for hydroxylation is 1. The van der Waals surface area contributed by atoms with E-state index in [2.05, 4.69) is 15.5 Å². The number of rotatable bonds is 7. The van der Waals surface area contributed by atoms with Gasteiger partial charge in [-0.1, -0.05) is 11.8 Å². The van der Waals surface area contributed by atoms with Crippen molar-refractivity contribution in [3.63, 3.8) is 0 Å². The molecule has 2 aromatic rings. The van der Waals surface area contributed by atoms with Gasteiger partial charge < -0.3 is 25.1 Å². The lowest BCUT2D eigenvalue weighted by atomic mass is 10.3. The molecule has 3 N–H and O–H groups in total. The summed E-state index contributed by atoms with van der Waals surface area (Å²) in [5.41, 5.74) is 5.77. The third-order valence-electron chi connectivity index (χ3n) is 3.51. The molecule has 0 fully saturated rings. The van der Waals surface area contributed by atoms with Crippen LogP contribution in [0.25, 0.3) is 0 Å². The molecule has 3 rings (SSSR count). The Bertz CT molecular complexity index is 807. The van der Waals surface area contributed by atoms with Crippen LogP contribution in [0.5, 0.6) is 11.5 Å². The van der Waals surface area contributed by atoms with Gasteiger partial charge in [0.15, 0.2) is 16.7 Å². The van der Waals surface area contributed by atoms with Crippen LogP contribution in [0.1, 0.15) is 12.2 Å². The Morgan fingerprint density at radius 1 is 1.32 bits per heavy atom. The summed E-state index contributed by atoms with van der Waals surface area (Å²) in [5.74, 6) is 1.53. The van der Waals surface area contributed by atoms with Crippen molar-refractivity contribution in [2.24, 2.45) is 12.8 Å². The molecule has 0 saturated carbocycles. The molecule has 0 radical (unpaired) electrons. The molecule has 10 heteroatoms. The lowest BCUT2D eigenvalue weighted by Crippen LogP contribution is -2.14. The highest BCUT2D eigenvalue weighted by molar-refractivity contribution is 7.99. The van der Waals surface area contributed by atoms with E-state index in [9.17, 15) is 9.59 Å². The molecule has 2 amide bonds. The number of nitrogens with two attached hydrogens (primary N) is 1. The molecule has 132 valence electrons. The molecule has 1 aliphatic heterocycles. The molecule has 1 aromatic carbocycles. The summed E-state index contributed by atoms with van der Waals surface area (Å²) in [6.07, 6.45) is 0.629. The van der Waals surface area contributed by atoms with E-state index in [1.54, 1.807) is 29.8 Å². The number of benzene rings is 1. The quantitative estimate of drug-likeness (QED) is 0.694. The number of carbonyl (C=O) groups excluding carboxylic acids is 2. The van der Waals surface area contributed by atoms with Crippen molar-refractivity contribution in [1.82, 2.24) is 14.8 Å². The van der Waals surface area contributed by atoms with Gasteiger partial charge in [0.25, 0.3) is 0 Å².